The van der Waals surface area contributed by atoms with Crippen LogP contribution in [-0.2, 0) is 0 Å². The van der Waals surface area contributed by atoms with E-state index in [2.05, 4.69) is 36.6 Å². The molecule has 2 heterocycles. The summed E-state index contributed by atoms with van der Waals surface area (Å²) >= 11 is 1.72. The van der Waals surface area contributed by atoms with Gasteiger partial charge in [-0.2, -0.15) is 0 Å². The Morgan fingerprint density at radius 3 is 2.73 bits per heavy atom. The Balaban J connectivity index is 1.63. The Kier molecular flexibility index (Phi) is 5.09. The van der Waals surface area contributed by atoms with E-state index in [0.717, 1.165) is 48.6 Å². The standard InChI is InChI=1S/C21H23N3OS/c1-2-17-16-8-4-5-9-19(16)26-20-11-10-15(14-18(20)22-17)21(25)23-24-12-6-3-7-13-24/h4-5,8-11,14H,2-3,6-7,12-13H2,1H3,(H,23,25). The lowest BCUT2D eigenvalue weighted by Crippen LogP contribution is -2.45. The zero-order valence-electron chi connectivity index (χ0n) is 15.0. The van der Waals surface area contributed by atoms with Crippen molar-refractivity contribution in [1.29, 1.82) is 0 Å². The summed E-state index contributed by atoms with van der Waals surface area (Å²) in [6.45, 7) is 3.98. The average molecular weight is 366 g/mol. The molecule has 1 N–H and O–H groups in total. The smallest absolute Gasteiger partial charge is 0.265 e. The number of carbonyl (C=O) groups is 1. The van der Waals surface area contributed by atoms with Crippen LogP contribution in [0.5, 0.6) is 0 Å². The number of amides is 1. The molecule has 0 unspecified atom stereocenters. The maximum Gasteiger partial charge on any atom is 0.265 e. The highest BCUT2D eigenvalue weighted by Gasteiger charge is 2.19. The third-order valence-electron chi connectivity index (χ3n) is 4.85. The van der Waals surface area contributed by atoms with Crippen molar-refractivity contribution < 1.29 is 4.79 Å². The molecule has 2 aliphatic rings. The van der Waals surface area contributed by atoms with Crippen molar-refractivity contribution in [2.45, 2.75) is 42.4 Å². The Bertz CT molecular complexity index is 856. The second kappa shape index (κ2) is 7.64. The summed E-state index contributed by atoms with van der Waals surface area (Å²) in [5.41, 5.74) is 6.85. The molecule has 2 aromatic carbocycles. The molecule has 26 heavy (non-hydrogen) atoms. The van der Waals surface area contributed by atoms with Gasteiger partial charge in [-0.25, -0.2) is 5.01 Å². The largest absolute Gasteiger partial charge is 0.285 e. The molecular weight excluding hydrogens is 342 g/mol. The van der Waals surface area contributed by atoms with Crippen LogP contribution in [0, 0.1) is 0 Å². The van der Waals surface area contributed by atoms with Crippen LogP contribution >= 0.6 is 11.8 Å². The van der Waals surface area contributed by atoms with Gasteiger partial charge in [0, 0.05) is 39.7 Å². The zero-order valence-corrected chi connectivity index (χ0v) is 15.8. The van der Waals surface area contributed by atoms with Crippen LogP contribution in [0.1, 0.15) is 48.5 Å². The van der Waals surface area contributed by atoms with Gasteiger partial charge in [0.1, 0.15) is 0 Å². The van der Waals surface area contributed by atoms with Gasteiger partial charge in [-0.1, -0.05) is 43.3 Å². The molecule has 4 rings (SSSR count). The van der Waals surface area contributed by atoms with Crippen LogP contribution < -0.4 is 5.43 Å². The summed E-state index contributed by atoms with van der Waals surface area (Å²) < 4.78 is 0. The quantitative estimate of drug-likeness (QED) is 0.849. The van der Waals surface area contributed by atoms with Gasteiger partial charge in [0.15, 0.2) is 0 Å². The summed E-state index contributed by atoms with van der Waals surface area (Å²) in [5, 5.41) is 2.03. The Morgan fingerprint density at radius 2 is 1.92 bits per heavy atom. The summed E-state index contributed by atoms with van der Waals surface area (Å²) in [6.07, 6.45) is 4.39. The first kappa shape index (κ1) is 17.3. The SMILES string of the molecule is CCC1=Nc2cc(C(=O)NN3CCCCC3)ccc2Sc2ccccc21. The summed E-state index contributed by atoms with van der Waals surface area (Å²) in [7, 11) is 0. The Hall–Kier alpha value is -2.11. The monoisotopic (exact) mass is 365 g/mol. The van der Waals surface area contributed by atoms with E-state index in [0.29, 0.717) is 5.56 Å². The third-order valence-corrected chi connectivity index (χ3v) is 5.99. The fourth-order valence-corrected chi connectivity index (χ4v) is 4.46. The molecule has 0 saturated carbocycles. The molecule has 0 aromatic heterocycles. The van der Waals surface area contributed by atoms with Gasteiger partial charge in [0.2, 0.25) is 0 Å². The molecule has 0 aliphatic carbocycles. The van der Waals surface area contributed by atoms with Crippen molar-refractivity contribution in [1.82, 2.24) is 10.4 Å². The molecule has 4 nitrogen and oxygen atoms in total. The van der Waals surface area contributed by atoms with Gasteiger partial charge in [0.25, 0.3) is 5.91 Å². The fraction of sp³-hybridized carbons (Fsp3) is 0.333. The number of carbonyl (C=O) groups excluding carboxylic acids is 1. The fourth-order valence-electron chi connectivity index (χ4n) is 3.43. The van der Waals surface area contributed by atoms with E-state index in [4.69, 9.17) is 4.99 Å². The highest BCUT2D eigenvalue weighted by atomic mass is 32.2. The van der Waals surface area contributed by atoms with E-state index in [1.165, 1.54) is 16.9 Å². The number of benzene rings is 2. The van der Waals surface area contributed by atoms with E-state index in [9.17, 15) is 4.79 Å². The number of hydrogen-bond acceptors (Lipinski definition) is 4. The number of rotatable bonds is 3. The van der Waals surface area contributed by atoms with Crippen LogP contribution in [0.15, 0.2) is 57.2 Å². The van der Waals surface area contributed by atoms with Crippen molar-refractivity contribution >= 4 is 29.1 Å². The first-order chi connectivity index (χ1) is 12.7. The molecule has 1 fully saturated rings. The number of aliphatic imine (C=N–C) groups is 1. The summed E-state index contributed by atoms with van der Waals surface area (Å²) in [6, 6.07) is 14.2. The van der Waals surface area contributed by atoms with Gasteiger partial charge >= 0.3 is 0 Å². The lowest BCUT2D eigenvalue weighted by molar-refractivity contribution is 0.0750. The normalized spacial score (nSPS) is 16.9. The average Bonchev–Trinajstić information content (AvgIpc) is 2.84. The van der Waals surface area contributed by atoms with E-state index < -0.39 is 0 Å². The van der Waals surface area contributed by atoms with Crippen LogP contribution in [0.4, 0.5) is 5.69 Å². The van der Waals surface area contributed by atoms with Crippen molar-refractivity contribution in [2.75, 3.05) is 13.1 Å². The van der Waals surface area contributed by atoms with Crippen molar-refractivity contribution in [3.05, 3.63) is 53.6 Å². The minimum atomic E-state index is -0.0466. The summed E-state index contributed by atoms with van der Waals surface area (Å²) in [4.78, 5) is 19.8. The van der Waals surface area contributed by atoms with E-state index in [1.54, 1.807) is 11.8 Å². The van der Waals surface area contributed by atoms with E-state index in [-0.39, 0.29) is 5.91 Å². The molecule has 1 saturated heterocycles. The van der Waals surface area contributed by atoms with Crippen LogP contribution in [0.25, 0.3) is 0 Å². The van der Waals surface area contributed by atoms with Gasteiger partial charge in [0.05, 0.1) is 5.69 Å². The van der Waals surface area contributed by atoms with E-state index >= 15 is 0 Å². The highest BCUT2D eigenvalue weighted by Crippen LogP contribution is 2.41. The second-order valence-electron chi connectivity index (χ2n) is 6.68. The van der Waals surface area contributed by atoms with Crippen molar-refractivity contribution in [3.63, 3.8) is 0 Å². The molecule has 0 atom stereocenters. The number of fused-ring (bicyclic) bond motifs is 2. The lowest BCUT2D eigenvalue weighted by Gasteiger charge is -2.26. The van der Waals surface area contributed by atoms with Crippen molar-refractivity contribution in [3.8, 4) is 0 Å². The number of hydrazine groups is 1. The third kappa shape index (κ3) is 3.55. The topological polar surface area (TPSA) is 44.7 Å². The Morgan fingerprint density at radius 1 is 1.12 bits per heavy atom. The van der Waals surface area contributed by atoms with Gasteiger partial charge in [-0.3, -0.25) is 15.2 Å². The molecule has 2 aromatic rings. The molecule has 0 spiro atoms. The zero-order chi connectivity index (χ0) is 17.9. The number of piperidine rings is 1. The van der Waals surface area contributed by atoms with Crippen LogP contribution in [0.3, 0.4) is 0 Å². The lowest BCUT2D eigenvalue weighted by atomic mass is 10.1. The molecule has 0 radical (unpaired) electrons. The first-order valence-corrected chi connectivity index (χ1v) is 10.1. The minimum Gasteiger partial charge on any atom is -0.285 e. The predicted molar refractivity (Wildman–Crippen MR) is 106 cm³/mol. The van der Waals surface area contributed by atoms with E-state index in [1.807, 2.05) is 23.2 Å². The molecular formula is C21H23N3OS. The van der Waals surface area contributed by atoms with Gasteiger partial charge < -0.3 is 0 Å². The second-order valence-corrected chi connectivity index (χ2v) is 7.77. The van der Waals surface area contributed by atoms with Crippen LogP contribution in [-0.4, -0.2) is 29.7 Å². The summed E-state index contributed by atoms with van der Waals surface area (Å²) in [5.74, 6) is -0.0466. The maximum absolute atomic E-state index is 12.6. The molecule has 2 aliphatic heterocycles. The number of nitrogens with zero attached hydrogens (tertiary/aromatic N) is 2. The molecule has 0 bridgehead atoms. The first-order valence-electron chi connectivity index (χ1n) is 9.29. The molecule has 1 amide bonds. The van der Waals surface area contributed by atoms with Crippen LogP contribution in [0.2, 0.25) is 0 Å². The Labute approximate surface area is 158 Å². The van der Waals surface area contributed by atoms with Gasteiger partial charge in [-0.05, 0) is 43.5 Å². The van der Waals surface area contributed by atoms with Crippen molar-refractivity contribution in [2.24, 2.45) is 4.99 Å². The number of nitrogens with one attached hydrogen (secondary N) is 1. The maximum atomic E-state index is 12.6. The predicted octanol–water partition coefficient (Wildman–Crippen LogP) is 4.81. The molecule has 5 heteroatoms. The number of hydrogen-bond donors (Lipinski definition) is 1. The van der Waals surface area contributed by atoms with Gasteiger partial charge in [-0.15, -0.1) is 0 Å². The molecule has 134 valence electrons. The highest BCUT2D eigenvalue weighted by molar-refractivity contribution is 7.99. The minimum absolute atomic E-state index is 0.0466.